The van der Waals surface area contributed by atoms with Crippen molar-refractivity contribution in [3.63, 3.8) is 0 Å². The number of nitrogens with one attached hydrogen (secondary N) is 2. The first kappa shape index (κ1) is 16.6. The zero-order valence-electron chi connectivity index (χ0n) is 13.3. The Kier molecular flexibility index (Phi) is 5.41. The number of carbonyl (C=O) groups is 1. The third-order valence-electron chi connectivity index (χ3n) is 3.31. The van der Waals surface area contributed by atoms with E-state index in [1.807, 2.05) is 0 Å². The average Bonchev–Trinajstić information content (AvgIpc) is 2.55. The highest BCUT2D eigenvalue weighted by Crippen LogP contribution is 2.28. The number of hydrogen-bond donors (Lipinski definition) is 2. The molecule has 0 bridgehead atoms. The van der Waals surface area contributed by atoms with Crippen LogP contribution in [0, 0.1) is 12.7 Å². The quantitative estimate of drug-likeness (QED) is 0.859. The van der Waals surface area contributed by atoms with Crippen molar-refractivity contribution in [2.24, 2.45) is 0 Å². The maximum atomic E-state index is 13.5. The summed E-state index contributed by atoms with van der Waals surface area (Å²) in [7, 11) is 3.06. The molecule has 6 heteroatoms. The predicted octanol–water partition coefficient (Wildman–Crippen LogP) is 3.20. The van der Waals surface area contributed by atoms with Crippen LogP contribution in [0.25, 0.3) is 0 Å². The highest BCUT2D eigenvalue weighted by atomic mass is 19.1. The minimum absolute atomic E-state index is 0.00284. The maximum absolute atomic E-state index is 13.5. The second-order valence-electron chi connectivity index (χ2n) is 4.93. The summed E-state index contributed by atoms with van der Waals surface area (Å²) in [6.07, 6.45) is 0. The number of aryl methyl sites for hydroxylation is 1. The molecular weight excluding hydrogens is 299 g/mol. The lowest BCUT2D eigenvalue weighted by atomic mass is 10.2. The van der Waals surface area contributed by atoms with Gasteiger partial charge in [-0.05, 0) is 36.8 Å². The highest BCUT2D eigenvalue weighted by molar-refractivity contribution is 5.95. The average molecular weight is 318 g/mol. The van der Waals surface area contributed by atoms with Crippen molar-refractivity contribution in [2.75, 3.05) is 31.4 Å². The number of anilines is 2. The van der Waals surface area contributed by atoms with E-state index in [0.29, 0.717) is 28.4 Å². The monoisotopic (exact) mass is 318 g/mol. The van der Waals surface area contributed by atoms with Crippen LogP contribution in [0.1, 0.15) is 5.56 Å². The molecule has 0 aliphatic rings. The highest BCUT2D eigenvalue weighted by Gasteiger charge is 2.09. The molecule has 0 aliphatic carbocycles. The maximum Gasteiger partial charge on any atom is 0.243 e. The molecule has 23 heavy (non-hydrogen) atoms. The van der Waals surface area contributed by atoms with Crippen molar-refractivity contribution in [3.05, 3.63) is 47.8 Å². The van der Waals surface area contributed by atoms with Crippen molar-refractivity contribution >= 4 is 17.3 Å². The summed E-state index contributed by atoms with van der Waals surface area (Å²) in [6, 6.07) is 9.84. The molecule has 2 aromatic rings. The number of halogens is 1. The summed E-state index contributed by atoms with van der Waals surface area (Å²) < 4.78 is 23.8. The van der Waals surface area contributed by atoms with Crippen molar-refractivity contribution < 1.29 is 18.7 Å². The summed E-state index contributed by atoms with van der Waals surface area (Å²) >= 11 is 0. The number of benzene rings is 2. The van der Waals surface area contributed by atoms with Gasteiger partial charge in [0.05, 0.1) is 26.5 Å². The Morgan fingerprint density at radius 1 is 1.13 bits per heavy atom. The molecule has 0 heterocycles. The summed E-state index contributed by atoms with van der Waals surface area (Å²) in [4.78, 5) is 12.0. The van der Waals surface area contributed by atoms with Crippen LogP contribution in [-0.2, 0) is 4.79 Å². The Bertz CT molecular complexity index is 704. The van der Waals surface area contributed by atoms with Crippen LogP contribution >= 0.6 is 0 Å². The first-order valence-electron chi connectivity index (χ1n) is 7.05. The standard InChI is InChI=1S/C17H19FN2O3/c1-11-4-5-12(8-14(11)18)19-10-17(21)20-15-9-13(22-2)6-7-16(15)23-3/h4-9,19H,10H2,1-3H3,(H,20,21). The van der Waals surface area contributed by atoms with Crippen LogP contribution in [0.2, 0.25) is 0 Å². The van der Waals surface area contributed by atoms with Gasteiger partial charge in [-0.15, -0.1) is 0 Å². The molecule has 0 spiro atoms. The van der Waals surface area contributed by atoms with E-state index in [-0.39, 0.29) is 18.3 Å². The summed E-state index contributed by atoms with van der Waals surface area (Å²) in [5.74, 6) is 0.539. The molecule has 1 amide bonds. The Morgan fingerprint density at radius 3 is 2.57 bits per heavy atom. The Labute approximate surface area is 134 Å². The third-order valence-corrected chi connectivity index (χ3v) is 3.31. The van der Waals surface area contributed by atoms with Gasteiger partial charge < -0.3 is 20.1 Å². The number of hydrogen-bond acceptors (Lipinski definition) is 4. The fourth-order valence-corrected chi connectivity index (χ4v) is 1.99. The van der Waals surface area contributed by atoms with Gasteiger partial charge in [-0.1, -0.05) is 6.07 Å². The van der Waals surface area contributed by atoms with E-state index < -0.39 is 0 Å². The van der Waals surface area contributed by atoms with Crippen LogP contribution in [0.5, 0.6) is 11.5 Å². The van der Waals surface area contributed by atoms with E-state index in [1.54, 1.807) is 44.4 Å². The smallest absolute Gasteiger partial charge is 0.243 e. The normalized spacial score (nSPS) is 10.1. The van der Waals surface area contributed by atoms with Crippen LogP contribution in [-0.4, -0.2) is 26.7 Å². The number of amides is 1. The van der Waals surface area contributed by atoms with Crippen LogP contribution in [0.3, 0.4) is 0 Å². The molecule has 122 valence electrons. The van der Waals surface area contributed by atoms with Gasteiger partial charge in [-0.2, -0.15) is 0 Å². The summed E-state index contributed by atoms with van der Waals surface area (Å²) in [5, 5.41) is 5.61. The molecule has 0 saturated heterocycles. The number of ether oxygens (including phenoxy) is 2. The fourth-order valence-electron chi connectivity index (χ4n) is 1.99. The molecule has 0 unspecified atom stereocenters. The van der Waals surface area contributed by atoms with Gasteiger partial charge in [0.15, 0.2) is 0 Å². The van der Waals surface area contributed by atoms with Crippen molar-refractivity contribution in [1.29, 1.82) is 0 Å². The van der Waals surface area contributed by atoms with Gasteiger partial charge in [0.1, 0.15) is 17.3 Å². The Morgan fingerprint density at radius 2 is 1.91 bits per heavy atom. The topological polar surface area (TPSA) is 59.6 Å². The van der Waals surface area contributed by atoms with Crippen molar-refractivity contribution in [3.8, 4) is 11.5 Å². The van der Waals surface area contributed by atoms with Gasteiger partial charge in [-0.25, -0.2) is 4.39 Å². The van der Waals surface area contributed by atoms with Crippen LogP contribution in [0.15, 0.2) is 36.4 Å². The van der Waals surface area contributed by atoms with Gasteiger partial charge >= 0.3 is 0 Å². The van der Waals surface area contributed by atoms with E-state index in [9.17, 15) is 9.18 Å². The van der Waals surface area contributed by atoms with Crippen molar-refractivity contribution in [1.82, 2.24) is 0 Å². The van der Waals surface area contributed by atoms with E-state index >= 15 is 0 Å². The van der Waals surface area contributed by atoms with Crippen molar-refractivity contribution in [2.45, 2.75) is 6.92 Å². The number of carbonyl (C=O) groups excluding carboxylic acids is 1. The first-order valence-corrected chi connectivity index (χ1v) is 7.05. The Hall–Kier alpha value is -2.76. The summed E-state index contributed by atoms with van der Waals surface area (Å²) in [6.45, 7) is 1.68. The Balaban J connectivity index is 2.00. The number of rotatable bonds is 6. The van der Waals surface area contributed by atoms with Crippen LogP contribution in [0.4, 0.5) is 15.8 Å². The largest absolute Gasteiger partial charge is 0.497 e. The molecule has 0 aliphatic heterocycles. The van der Waals surface area contributed by atoms with Gasteiger partial charge in [0, 0.05) is 11.8 Å². The molecule has 0 aromatic heterocycles. The van der Waals surface area contributed by atoms with Crippen LogP contribution < -0.4 is 20.1 Å². The molecular formula is C17H19FN2O3. The minimum Gasteiger partial charge on any atom is -0.497 e. The molecule has 2 aromatic carbocycles. The fraction of sp³-hybridized carbons (Fsp3) is 0.235. The molecule has 0 radical (unpaired) electrons. The lowest BCUT2D eigenvalue weighted by Gasteiger charge is -2.12. The zero-order chi connectivity index (χ0) is 16.8. The molecule has 0 atom stereocenters. The molecule has 0 saturated carbocycles. The van der Waals surface area contributed by atoms with E-state index in [2.05, 4.69) is 10.6 Å². The van der Waals surface area contributed by atoms with E-state index in [0.717, 1.165) is 0 Å². The van der Waals surface area contributed by atoms with E-state index in [1.165, 1.54) is 13.2 Å². The lowest BCUT2D eigenvalue weighted by molar-refractivity contribution is -0.114. The first-order chi connectivity index (χ1) is 11.0. The molecule has 5 nitrogen and oxygen atoms in total. The molecule has 2 rings (SSSR count). The minimum atomic E-state index is -0.315. The van der Waals surface area contributed by atoms with Gasteiger partial charge in [0.25, 0.3) is 0 Å². The zero-order valence-corrected chi connectivity index (χ0v) is 13.3. The predicted molar refractivity (Wildman–Crippen MR) is 87.8 cm³/mol. The molecule has 2 N–H and O–H groups in total. The second-order valence-corrected chi connectivity index (χ2v) is 4.93. The summed E-state index contributed by atoms with van der Waals surface area (Å²) in [5.41, 5.74) is 1.61. The van der Waals surface area contributed by atoms with Gasteiger partial charge in [0.2, 0.25) is 5.91 Å². The SMILES string of the molecule is COc1ccc(OC)c(NC(=O)CNc2ccc(C)c(F)c2)c1. The van der Waals surface area contributed by atoms with Gasteiger partial charge in [-0.3, -0.25) is 4.79 Å². The number of methoxy groups -OCH3 is 2. The van der Waals surface area contributed by atoms with E-state index in [4.69, 9.17) is 9.47 Å². The molecule has 0 fully saturated rings. The lowest BCUT2D eigenvalue weighted by Crippen LogP contribution is -2.22. The second kappa shape index (κ2) is 7.49. The third kappa shape index (κ3) is 4.35.